The van der Waals surface area contributed by atoms with Crippen LogP contribution in [0.1, 0.15) is 0 Å². The molecule has 0 spiro atoms. The van der Waals surface area contributed by atoms with Crippen LogP contribution in [0.3, 0.4) is 0 Å². The van der Waals surface area contributed by atoms with Crippen LogP contribution >= 0.6 is 15.9 Å². The van der Waals surface area contributed by atoms with E-state index >= 15 is 0 Å². The molecule has 1 aromatic carbocycles. The SMILES string of the molecule is O=S(=O)(O)c1ccc(Br)cc1.[Tl]. The van der Waals surface area contributed by atoms with Gasteiger partial charge < -0.3 is 0 Å². The average molecular weight is 441 g/mol. The van der Waals surface area contributed by atoms with Crippen LogP contribution in [0.25, 0.3) is 0 Å². The smallest absolute Gasteiger partial charge is 0.282 e. The zero-order valence-corrected chi connectivity index (χ0v) is 12.8. The van der Waals surface area contributed by atoms with E-state index < -0.39 is 10.1 Å². The molecule has 1 N–H and O–H groups in total. The van der Waals surface area contributed by atoms with Crippen LogP contribution in [0.5, 0.6) is 0 Å². The summed E-state index contributed by atoms with van der Waals surface area (Å²) in [6.45, 7) is 0. The molecule has 0 aliphatic heterocycles. The molecule has 0 aromatic heterocycles. The Morgan fingerprint density at radius 1 is 1.17 bits per heavy atom. The van der Waals surface area contributed by atoms with E-state index in [0.717, 1.165) is 4.47 Å². The molecule has 0 heterocycles. The zero-order chi connectivity index (χ0) is 8.48. The first-order chi connectivity index (χ1) is 5.00. The Balaban J connectivity index is 0.00000121. The van der Waals surface area contributed by atoms with Crippen molar-refractivity contribution in [2.45, 2.75) is 4.90 Å². The maximum Gasteiger partial charge on any atom is 0.294 e. The van der Waals surface area contributed by atoms with Crippen LogP contribution in [0.15, 0.2) is 33.6 Å². The summed E-state index contributed by atoms with van der Waals surface area (Å²) >= 11 is 3.14. The van der Waals surface area contributed by atoms with Crippen molar-refractivity contribution in [2.24, 2.45) is 0 Å². The van der Waals surface area contributed by atoms with Crippen molar-refractivity contribution in [1.82, 2.24) is 0 Å². The van der Waals surface area contributed by atoms with Crippen molar-refractivity contribution >= 4 is 53.3 Å². The Morgan fingerprint density at radius 3 is 1.92 bits per heavy atom. The fraction of sp³-hybridized carbons (Fsp3) is 0. The van der Waals surface area contributed by atoms with Crippen molar-refractivity contribution in [3.63, 3.8) is 0 Å². The average Bonchev–Trinajstić information content (AvgIpc) is 1.86. The molecule has 0 atom stereocenters. The molecule has 3 nitrogen and oxygen atoms in total. The maximum absolute atomic E-state index is 10.5. The molecule has 0 unspecified atom stereocenters. The van der Waals surface area contributed by atoms with Gasteiger partial charge in [0.1, 0.15) is 0 Å². The van der Waals surface area contributed by atoms with Crippen molar-refractivity contribution < 1.29 is 13.0 Å². The molecule has 0 amide bonds. The molecule has 0 aliphatic rings. The molecule has 0 bridgehead atoms. The minimum absolute atomic E-state index is 0. The summed E-state index contributed by atoms with van der Waals surface area (Å²) in [4.78, 5) is -0.0966. The van der Waals surface area contributed by atoms with E-state index in [1.54, 1.807) is 12.1 Å². The van der Waals surface area contributed by atoms with Crippen molar-refractivity contribution in [2.75, 3.05) is 0 Å². The first kappa shape index (κ1) is 12.5. The number of benzene rings is 1. The minimum atomic E-state index is -4.04. The van der Waals surface area contributed by atoms with Crippen LogP contribution < -0.4 is 0 Å². The molecule has 0 fully saturated rings. The Bertz CT molecular complexity index is 346. The predicted molar refractivity (Wildman–Crippen MR) is 49.7 cm³/mol. The number of rotatable bonds is 1. The van der Waals surface area contributed by atoms with Crippen molar-refractivity contribution in [3.8, 4) is 0 Å². The molecule has 6 heteroatoms. The molecule has 1 rings (SSSR count). The summed E-state index contributed by atoms with van der Waals surface area (Å²) in [5.74, 6) is 0. The summed E-state index contributed by atoms with van der Waals surface area (Å²) in [5, 5.41) is 0. The van der Waals surface area contributed by atoms with Gasteiger partial charge in [0.15, 0.2) is 0 Å². The van der Waals surface area contributed by atoms with E-state index in [9.17, 15) is 8.42 Å². The third kappa shape index (κ3) is 3.50. The zero-order valence-electron chi connectivity index (χ0n) is 5.94. The summed E-state index contributed by atoms with van der Waals surface area (Å²) in [7, 11) is -4.04. The Kier molecular flexibility index (Phi) is 4.89. The van der Waals surface area contributed by atoms with Gasteiger partial charge in [0.25, 0.3) is 10.1 Å². The summed E-state index contributed by atoms with van der Waals surface area (Å²) in [6.07, 6.45) is 0. The van der Waals surface area contributed by atoms with Crippen LogP contribution in [0.4, 0.5) is 0 Å². The summed E-state index contributed by atoms with van der Waals surface area (Å²) in [5.41, 5.74) is 0. The fourth-order valence-corrected chi connectivity index (χ4v) is 1.35. The van der Waals surface area contributed by atoms with E-state index in [2.05, 4.69) is 15.9 Å². The third-order valence-corrected chi connectivity index (χ3v) is 2.51. The number of hydrogen-bond acceptors (Lipinski definition) is 2. The van der Waals surface area contributed by atoms with Crippen LogP contribution in [-0.4, -0.2) is 40.3 Å². The molecular weight excluding hydrogens is 436 g/mol. The predicted octanol–water partition coefficient (Wildman–Crippen LogP) is 1.32. The second kappa shape index (κ2) is 4.68. The molecule has 1 aromatic rings. The van der Waals surface area contributed by atoms with E-state index in [0.29, 0.717) is 0 Å². The second-order valence-corrected chi connectivity index (χ2v) is 4.27. The Hall–Kier alpha value is 0.532. The molecule has 12 heavy (non-hydrogen) atoms. The van der Waals surface area contributed by atoms with Gasteiger partial charge in [0.2, 0.25) is 0 Å². The van der Waals surface area contributed by atoms with Crippen molar-refractivity contribution in [3.05, 3.63) is 28.7 Å². The summed E-state index contributed by atoms with van der Waals surface area (Å²) < 4.78 is 30.3. The fourth-order valence-electron chi connectivity index (χ4n) is 0.607. The van der Waals surface area contributed by atoms with Gasteiger partial charge in [-0.05, 0) is 24.3 Å². The van der Waals surface area contributed by atoms with Gasteiger partial charge in [-0.1, -0.05) is 15.9 Å². The molecular formula is C6H5BrO3STl. The van der Waals surface area contributed by atoms with Crippen LogP contribution in [-0.2, 0) is 10.1 Å². The van der Waals surface area contributed by atoms with E-state index in [-0.39, 0.29) is 32.2 Å². The van der Waals surface area contributed by atoms with Crippen molar-refractivity contribution in [1.29, 1.82) is 0 Å². The Labute approximate surface area is 99.2 Å². The number of halogens is 1. The van der Waals surface area contributed by atoms with Gasteiger partial charge in [-0.3, -0.25) is 4.55 Å². The third-order valence-electron chi connectivity index (χ3n) is 1.11. The quantitative estimate of drug-likeness (QED) is 0.528. The largest absolute Gasteiger partial charge is 0.294 e. The first-order valence-electron chi connectivity index (χ1n) is 2.73. The van der Waals surface area contributed by atoms with Crippen LogP contribution in [0, 0.1) is 0 Å². The standard InChI is InChI=1S/C6H5BrO3S.Tl/c7-5-1-3-6(4-2-5)11(8,9)10;/h1-4H,(H,8,9,10);. The Morgan fingerprint density at radius 2 is 1.58 bits per heavy atom. The maximum atomic E-state index is 10.5. The molecule has 1 radical (unpaired) electrons. The topological polar surface area (TPSA) is 54.4 Å². The van der Waals surface area contributed by atoms with E-state index in [1.165, 1.54) is 12.1 Å². The molecule has 0 saturated carbocycles. The van der Waals surface area contributed by atoms with E-state index in [1.807, 2.05) is 0 Å². The second-order valence-electron chi connectivity index (χ2n) is 1.93. The molecule has 0 saturated heterocycles. The van der Waals surface area contributed by atoms with Gasteiger partial charge in [0.05, 0.1) is 4.90 Å². The van der Waals surface area contributed by atoms with Gasteiger partial charge in [-0.2, -0.15) is 8.42 Å². The van der Waals surface area contributed by atoms with E-state index in [4.69, 9.17) is 4.55 Å². The van der Waals surface area contributed by atoms with Crippen LogP contribution in [0.2, 0.25) is 0 Å². The van der Waals surface area contributed by atoms with Gasteiger partial charge >= 0.3 is 0 Å². The normalized spacial score (nSPS) is 10.5. The molecule has 63 valence electrons. The monoisotopic (exact) mass is 441 g/mol. The first-order valence-corrected chi connectivity index (χ1v) is 4.96. The minimum Gasteiger partial charge on any atom is -0.282 e. The van der Waals surface area contributed by atoms with Gasteiger partial charge in [0, 0.05) is 31.8 Å². The van der Waals surface area contributed by atoms with Gasteiger partial charge in [-0.15, -0.1) is 0 Å². The summed E-state index contributed by atoms with van der Waals surface area (Å²) in [6, 6.07) is 5.73. The number of hydrogen-bond donors (Lipinski definition) is 1. The molecule has 0 aliphatic carbocycles. The van der Waals surface area contributed by atoms with Gasteiger partial charge in [-0.25, -0.2) is 0 Å².